The Kier molecular flexibility index (Phi) is 7.70. The van der Waals surface area contributed by atoms with Crippen molar-refractivity contribution in [3.05, 3.63) is 113 Å². The maximum atomic E-state index is 12.8. The van der Waals surface area contributed by atoms with Crippen molar-refractivity contribution in [2.45, 2.75) is 38.7 Å². The summed E-state index contributed by atoms with van der Waals surface area (Å²) in [6.45, 7) is 3.61. The number of aromatic nitrogens is 1. The fourth-order valence-electron chi connectivity index (χ4n) is 4.80. The SMILES string of the molecule is Cc1cc(C(=O)Cc2ccc(Nc3ccc(CC(=O)c4ccc(N5CCC(O)CC5)cc4)cc3)cc2)c[nH]1. The van der Waals surface area contributed by atoms with Gasteiger partial charge in [0, 0.05) is 66.0 Å². The lowest BCUT2D eigenvalue weighted by Gasteiger charge is -2.31. The molecule has 194 valence electrons. The molecule has 3 aromatic carbocycles. The molecular formula is C32H33N3O3. The van der Waals surface area contributed by atoms with Gasteiger partial charge in [0.2, 0.25) is 0 Å². The van der Waals surface area contributed by atoms with Gasteiger partial charge in [-0.05, 0) is 85.5 Å². The standard InChI is InChI=1S/C32H33N3O3/c1-22-18-26(21-33-22)32(38)20-24-4-10-28(11-5-24)34-27-8-2-23(3-9-27)19-31(37)25-6-12-29(13-7-25)35-16-14-30(36)15-17-35/h2-13,18,21,30,33-34,36H,14-17,19-20H2,1H3. The van der Waals surface area contributed by atoms with Crippen LogP contribution in [0.25, 0.3) is 0 Å². The number of benzene rings is 3. The number of rotatable bonds is 9. The lowest BCUT2D eigenvalue weighted by molar-refractivity contribution is 0.0985. The molecule has 0 saturated carbocycles. The number of piperidine rings is 1. The Hall–Kier alpha value is -4.16. The first-order valence-electron chi connectivity index (χ1n) is 13.1. The van der Waals surface area contributed by atoms with Crippen LogP contribution in [0.5, 0.6) is 0 Å². The molecule has 0 unspecified atom stereocenters. The van der Waals surface area contributed by atoms with Crippen molar-refractivity contribution in [2.24, 2.45) is 0 Å². The summed E-state index contributed by atoms with van der Waals surface area (Å²) in [5.41, 5.74) is 7.29. The Balaban J connectivity index is 1.13. The van der Waals surface area contributed by atoms with Crippen LogP contribution in [0.3, 0.4) is 0 Å². The number of nitrogens with zero attached hydrogens (tertiary/aromatic N) is 1. The Labute approximate surface area is 223 Å². The van der Waals surface area contributed by atoms with Gasteiger partial charge in [-0.15, -0.1) is 0 Å². The van der Waals surface area contributed by atoms with E-state index in [0.29, 0.717) is 24.0 Å². The molecule has 0 bridgehead atoms. The third-order valence-corrected chi connectivity index (χ3v) is 7.09. The van der Waals surface area contributed by atoms with Gasteiger partial charge < -0.3 is 20.3 Å². The van der Waals surface area contributed by atoms with Gasteiger partial charge in [-0.25, -0.2) is 0 Å². The molecule has 0 amide bonds. The molecule has 5 rings (SSSR count). The largest absolute Gasteiger partial charge is 0.393 e. The highest BCUT2D eigenvalue weighted by Crippen LogP contribution is 2.22. The van der Waals surface area contributed by atoms with E-state index in [1.165, 1.54) is 0 Å². The second-order valence-corrected chi connectivity index (χ2v) is 10.1. The Morgan fingerprint density at radius 2 is 1.34 bits per heavy atom. The van der Waals surface area contributed by atoms with Crippen LogP contribution in [0.4, 0.5) is 17.1 Å². The van der Waals surface area contributed by atoms with Crippen molar-refractivity contribution in [3.63, 3.8) is 0 Å². The number of aliphatic hydroxyl groups excluding tert-OH is 1. The second-order valence-electron chi connectivity index (χ2n) is 10.1. The number of ketones is 2. The quantitative estimate of drug-likeness (QED) is 0.246. The first-order chi connectivity index (χ1) is 18.4. The van der Waals surface area contributed by atoms with Crippen LogP contribution < -0.4 is 10.2 Å². The van der Waals surface area contributed by atoms with E-state index in [-0.39, 0.29) is 17.7 Å². The summed E-state index contributed by atoms with van der Waals surface area (Å²) >= 11 is 0. The molecule has 3 N–H and O–H groups in total. The zero-order valence-electron chi connectivity index (χ0n) is 21.6. The molecule has 1 aliphatic rings. The average Bonchev–Trinajstić information content (AvgIpc) is 3.38. The average molecular weight is 508 g/mol. The minimum Gasteiger partial charge on any atom is -0.393 e. The van der Waals surface area contributed by atoms with E-state index in [4.69, 9.17) is 0 Å². The number of hydrogen-bond donors (Lipinski definition) is 3. The molecule has 2 heterocycles. The monoisotopic (exact) mass is 507 g/mol. The molecule has 0 spiro atoms. The summed E-state index contributed by atoms with van der Waals surface area (Å²) in [5.74, 6) is 0.185. The van der Waals surface area contributed by atoms with Crippen LogP contribution in [-0.2, 0) is 12.8 Å². The van der Waals surface area contributed by atoms with Crippen LogP contribution in [0, 0.1) is 6.92 Å². The zero-order valence-corrected chi connectivity index (χ0v) is 21.6. The first-order valence-corrected chi connectivity index (χ1v) is 13.1. The summed E-state index contributed by atoms with van der Waals surface area (Å²) < 4.78 is 0. The molecule has 1 aromatic heterocycles. The third-order valence-electron chi connectivity index (χ3n) is 7.09. The molecule has 1 saturated heterocycles. The third kappa shape index (κ3) is 6.39. The summed E-state index contributed by atoms with van der Waals surface area (Å²) in [5, 5.41) is 13.1. The minimum atomic E-state index is -0.198. The van der Waals surface area contributed by atoms with Crippen molar-refractivity contribution < 1.29 is 14.7 Å². The second kappa shape index (κ2) is 11.5. The van der Waals surface area contributed by atoms with Gasteiger partial charge in [0.05, 0.1) is 6.10 Å². The molecule has 0 radical (unpaired) electrons. The van der Waals surface area contributed by atoms with E-state index in [0.717, 1.165) is 59.8 Å². The topological polar surface area (TPSA) is 85.4 Å². The van der Waals surface area contributed by atoms with Crippen LogP contribution in [0.15, 0.2) is 85.1 Å². The Bertz CT molecular complexity index is 1380. The molecule has 4 aromatic rings. The predicted octanol–water partition coefficient (Wildman–Crippen LogP) is 5.88. The molecule has 0 aliphatic carbocycles. The maximum absolute atomic E-state index is 12.8. The lowest BCUT2D eigenvalue weighted by Crippen LogP contribution is -2.35. The normalized spacial score (nSPS) is 13.9. The van der Waals surface area contributed by atoms with E-state index < -0.39 is 0 Å². The van der Waals surface area contributed by atoms with Crippen LogP contribution in [0.2, 0.25) is 0 Å². The summed E-state index contributed by atoms with van der Waals surface area (Å²) in [7, 11) is 0. The van der Waals surface area contributed by atoms with Crippen LogP contribution >= 0.6 is 0 Å². The van der Waals surface area contributed by atoms with Gasteiger partial charge in [0.1, 0.15) is 0 Å². The summed E-state index contributed by atoms with van der Waals surface area (Å²) in [6.07, 6.45) is 3.84. The predicted molar refractivity (Wildman–Crippen MR) is 152 cm³/mol. The fourth-order valence-corrected chi connectivity index (χ4v) is 4.80. The number of aliphatic hydroxyl groups is 1. The minimum absolute atomic E-state index is 0.0891. The molecule has 6 nitrogen and oxygen atoms in total. The number of aryl methyl sites for hydroxylation is 1. The van der Waals surface area contributed by atoms with Crippen LogP contribution in [-0.4, -0.2) is 40.9 Å². The van der Waals surface area contributed by atoms with Gasteiger partial charge in [-0.2, -0.15) is 0 Å². The number of anilines is 3. The fraction of sp³-hybridized carbons (Fsp3) is 0.250. The smallest absolute Gasteiger partial charge is 0.168 e. The highest BCUT2D eigenvalue weighted by Gasteiger charge is 2.17. The van der Waals surface area contributed by atoms with E-state index in [1.54, 1.807) is 6.20 Å². The lowest BCUT2D eigenvalue weighted by atomic mass is 10.0. The molecule has 0 atom stereocenters. The van der Waals surface area contributed by atoms with Gasteiger partial charge in [0.15, 0.2) is 11.6 Å². The van der Waals surface area contributed by atoms with Crippen LogP contribution in [0.1, 0.15) is 50.4 Å². The number of Topliss-reactive ketones (excluding diaryl/α,β-unsaturated/α-hetero) is 2. The zero-order chi connectivity index (χ0) is 26.5. The molecule has 6 heteroatoms. The highest BCUT2D eigenvalue weighted by molar-refractivity contribution is 5.98. The Morgan fingerprint density at radius 3 is 1.84 bits per heavy atom. The van der Waals surface area contributed by atoms with Crippen molar-refractivity contribution in [1.82, 2.24) is 4.98 Å². The molecule has 1 fully saturated rings. The van der Waals surface area contributed by atoms with Gasteiger partial charge in [-0.1, -0.05) is 24.3 Å². The van der Waals surface area contributed by atoms with Gasteiger partial charge in [0.25, 0.3) is 0 Å². The number of carbonyl (C=O) groups is 2. The summed E-state index contributed by atoms with van der Waals surface area (Å²) in [4.78, 5) is 30.6. The van der Waals surface area contributed by atoms with Crippen molar-refractivity contribution in [2.75, 3.05) is 23.3 Å². The van der Waals surface area contributed by atoms with Crippen molar-refractivity contribution in [3.8, 4) is 0 Å². The summed E-state index contributed by atoms with van der Waals surface area (Å²) in [6, 6.07) is 25.4. The van der Waals surface area contributed by atoms with Crippen molar-refractivity contribution >= 4 is 28.6 Å². The molecule has 38 heavy (non-hydrogen) atoms. The first kappa shape index (κ1) is 25.5. The molecule has 1 aliphatic heterocycles. The molecular weight excluding hydrogens is 474 g/mol. The highest BCUT2D eigenvalue weighted by atomic mass is 16.3. The maximum Gasteiger partial charge on any atom is 0.168 e. The number of nitrogens with one attached hydrogen (secondary N) is 2. The van der Waals surface area contributed by atoms with Gasteiger partial charge >= 0.3 is 0 Å². The van der Waals surface area contributed by atoms with E-state index in [2.05, 4.69) is 15.2 Å². The van der Waals surface area contributed by atoms with E-state index in [9.17, 15) is 14.7 Å². The van der Waals surface area contributed by atoms with E-state index in [1.807, 2.05) is 85.8 Å². The number of aromatic amines is 1. The van der Waals surface area contributed by atoms with E-state index >= 15 is 0 Å². The number of H-pyrrole nitrogens is 1. The van der Waals surface area contributed by atoms with Crippen molar-refractivity contribution in [1.29, 1.82) is 0 Å². The Morgan fingerprint density at radius 1 is 0.816 bits per heavy atom. The number of hydrogen-bond acceptors (Lipinski definition) is 5. The van der Waals surface area contributed by atoms with Gasteiger partial charge in [-0.3, -0.25) is 9.59 Å². The number of carbonyl (C=O) groups excluding carboxylic acids is 2.